The fourth-order valence-electron chi connectivity index (χ4n) is 3.91. The van der Waals surface area contributed by atoms with Crippen LogP contribution in [0.4, 0.5) is 0 Å². The molecule has 0 spiro atoms. The van der Waals surface area contributed by atoms with Crippen LogP contribution < -0.4 is 10.9 Å². The molecule has 2 aromatic heterocycles. The molecule has 1 amide bonds. The number of aliphatic hydroxyl groups excluding tert-OH is 1. The number of hydrogen-bond acceptors (Lipinski definition) is 4. The highest BCUT2D eigenvalue weighted by Gasteiger charge is 2.23. The zero-order valence-corrected chi connectivity index (χ0v) is 19.8. The normalized spacial score (nSPS) is 11.0. The fraction of sp³-hybridized carbons (Fsp3) is 0.192. The van der Waals surface area contributed by atoms with E-state index >= 15 is 0 Å². The molecule has 2 N–H and O–H groups in total. The summed E-state index contributed by atoms with van der Waals surface area (Å²) in [6.45, 7) is 0.492. The average molecular weight is 496 g/mol. The van der Waals surface area contributed by atoms with Gasteiger partial charge in [0.25, 0.3) is 11.5 Å². The van der Waals surface area contributed by atoms with E-state index in [1.165, 1.54) is 4.57 Å². The number of amides is 1. The number of aromatic nitrogens is 2. The molecule has 0 radical (unpaired) electrons. The summed E-state index contributed by atoms with van der Waals surface area (Å²) in [4.78, 5) is 31.4. The maximum atomic E-state index is 13.6. The predicted molar refractivity (Wildman–Crippen MR) is 135 cm³/mol. The number of rotatable bonds is 8. The molecule has 6 nitrogen and oxygen atoms in total. The number of carbonyl (C=O) groups excluding carboxylic acids is 1. The van der Waals surface area contributed by atoms with Crippen LogP contribution in [0.15, 0.2) is 71.7 Å². The summed E-state index contributed by atoms with van der Waals surface area (Å²) in [5, 5.41) is 13.6. The molecule has 0 atom stereocenters. The summed E-state index contributed by atoms with van der Waals surface area (Å²) < 4.78 is 1.47. The maximum Gasteiger partial charge on any atom is 0.277 e. The van der Waals surface area contributed by atoms with Crippen LogP contribution in [0.1, 0.15) is 28.9 Å². The molecule has 0 unspecified atom stereocenters. The molecule has 0 aliphatic carbocycles. The monoisotopic (exact) mass is 495 g/mol. The van der Waals surface area contributed by atoms with Gasteiger partial charge in [-0.3, -0.25) is 14.6 Å². The number of nitrogens with zero attached hydrogens (tertiary/aromatic N) is 2. The van der Waals surface area contributed by atoms with Gasteiger partial charge in [-0.05, 0) is 42.2 Å². The Labute approximate surface area is 206 Å². The van der Waals surface area contributed by atoms with Crippen LogP contribution in [-0.4, -0.2) is 27.2 Å². The molecular weight excluding hydrogens is 473 g/mol. The molecule has 34 heavy (non-hydrogen) atoms. The van der Waals surface area contributed by atoms with Gasteiger partial charge in [0.1, 0.15) is 11.2 Å². The van der Waals surface area contributed by atoms with Gasteiger partial charge in [0.05, 0.1) is 10.0 Å². The second kappa shape index (κ2) is 10.8. The van der Waals surface area contributed by atoms with Gasteiger partial charge < -0.3 is 15.0 Å². The summed E-state index contributed by atoms with van der Waals surface area (Å²) in [5.41, 5.74) is 2.43. The zero-order valence-electron chi connectivity index (χ0n) is 18.3. The molecule has 0 aliphatic rings. The van der Waals surface area contributed by atoms with Crippen LogP contribution in [0.25, 0.3) is 22.0 Å². The van der Waals surface area contributed by atoms with Crippen LogP contribution in [0.5, 0.6) is 0 Å². The van der Waals surface area contributed by atoms with Crippen molar-refractivity contribution in [2.75, 3.05) is 6.61 Å². The van der Waals surface area contributed by atoms with E-state index < -0.39 is 5.91 Å². The van der Waals surface area contributed by atoms with Crippen molar-refractivity contribution in [2.24, 2.45) is 0 Å². The zero-order chi connectivity index (χ0) is 24.1. The lowest BCUT2D eigenvalue weighted by Crippen LogP contribution is -2.33. The quantitative estimate of drug-likeness (QED) is 0.334. The molecular formula is C26H23Cl2N3O3. The summed E-state index contributed by atoms with van der Waals surface area (Å²) in [7, 11) is 0. The molecule has 4 rings (SSSR count). The third kappa shape index (κ3) is 4.99. The van der Waals surface area contributed by atoms with E-state index in [0.717, 1.165) is 11.1 Å². The van der Waals surface area contributed by atoms with Gasteiger partial charge in [-0.2, -0.15) is 0 Å². The van der Waals surface area contributed by atoms with E-state index in [9.17, 15) is 14.7 Å². The van der Waals surface area contributed by atoms with Crippen molar-refractivity contribution in [1.29, 1.82) is 0 Å². The van der Waals surface area contributed by atoms with E-state index in [-0.39, 0.29) is 30.9 Å². The van der Waals surface area contributed by atoms with Crippen LogP contribution >= 0.6 is 23.2 Å². The van der Waals surface area contributed by atoms with Crippen LogP contribution in [-0.2, 0) is 13.1 Å². The van der Waals surface area contributed by atoms with E-state index in [4.69, 9.17) is 23.2 Å². The fourth-order valence-corrected chi connectivity index (χ4v) is 4.23. The third-order valence-electron chi connectivity index (χ3n) is 5.54. The molecule has 2 heterocycles. The molecule has 2 aromatic carbocycles. The highest BCUT2D eigenvalue weighted by Crippen LogP contribution is 2.30. The first kappa shape index (κ1) is 24.0. The van der Waals surface area contributed by atoms with Crippen LogP contribution in [0.3, 0.4) is 0 Å². The Morgan fingerprint density at radius 2 is 1.79 bits per heavy atom. The Bertz CT molecular complexity index is 1390. The van der Waals surface area contributed by atoms with E-state index in [1.807, 2.05) is 30.3 Å². The topological polar surface area (TPSA) is 84.2 Å². The molecule has 174 valence electrons. The molecule has 0 bridgehead atoms. The third-order valence-corrected chi connectivity index (χ3v) is 6.27. The first-order chi connectivity index (χ1) is 16.5. The lowest BCUT2D eigenvalue weighted by Gasteiger charge is -2.19. The first-order valence-corrected chi connectivity index (χ1v) is 11.7. The van der Waals surface area contributed by atoms with Crippen LogP contribution in [0, 0.1) is 0 Å². The van der Waals surface area contributed by atoms with E-state index in [2.05, 4.69) is 10.3 Å². The summed E-state index contributed by atoms with van der Waals surface area (Å²) in [6, 6.07) is 18.2. The van der Waals surface area contributed by atoms with E-state index in [0.29, 0.717) is 39.4 Å². The maximum absolute atomic E-state index is 13.6. The highest BCUT2D eigenvalue weighted by molar-refractivity contribution is 6.42. The molecule has 4 aromatic rings. The first-order valence-electron chi connectivity index (χ1n) is 10.9. The minimum absolute atomic E-state index is 0.00494. The van der Waals surface area contributed by atoms with Gasteiger partial charge in [-0.15, -0.1) is 0 Å². The van der Waals surface area contributed by atoms with Crippen molar-refractivity contribution >= 4 is 40.0 Å². The number of hydrogen-bond donors (Lipinski definition) is 2. The number of benzene rings is 2. The van der Waals surface area contributed by atoms with Crippen molar-refractivity contribution in [3.8, 4) is 11.1 Å². The molecule has 0 aliphatic heterocycles. The standard InChI is InChI=1S/C26H23Cl2N3O3/c27-20-11-10-17(15-21(20)28)16-30-25(33)24-22(18-7-2-1-3-8-18)19-9-6-12-29-23(19)26(34)31(24)13-4-5-14-32/h1-3,6-12,15,32H,4-5,13-14,16H2,(H,30,33). The van der Waals surface area contributed by atoms with Gasteiger partial charge in [0.2, 0.25) is 0 Å². The lowest BCUT2D eigenvalue weighted by molar-refractivity contribution is 0.0941. The minimum atomic E-state index is -0.392. The summed E-state index contributed by atoms with van der Waals surface area (Å²) in [5.74, 6) is -0.392. The summed E-state index contributed by atoms with van der Waals surface area (Å²) in [6.07, 6.45) is 2.62. The van der Waals surface area contributed by atoms with Crippen molar-refractivity contribution in [3.63, 3.8) is 0 Å². The van der Waals surface area contributed by atoms with Crippen molar-refractivity contribution in [1.82, 2.24) is 14.9 Å². The second-order valence-corrected chi connectivity index (χ2v) is 8.62. The Morgan fingerprint density at radius 1 is 1.00 bits per heavy atom. The predicted octanol–water partition coefficient (Wildman–Crippen LogP) is 5.07. The van der Waals surface area contributed by atoms with Gasteiger partial charge in [-0.1, -0.05) is 65.7 Å². The van der Waals surface area contributed by atoms with Crippen molar-refractivity contribution in [3.05, 3.63) is 98.5 Å². The van der Waals surface area contributed by atoms with Gasteiger partial charge >= 0.3 is 0 Å². The number of unbranched alkanes of at least 4 members (excludes halogenated alkanes) is 1. The van der Waals surface area contributed by atoms with Crippen molar-refractivity contribution in [2.45, 2.75) is 25.9 Å². The number of fused-ring (bicyclic) bond motifs is 1. The van der Waals surface area contributed by atoms with Gasteiger partial charge in [0, 0.05) is 36.8 Å². The Morgan fingerprint density at radius 3 is 2.53 bits per heavy atom. The summed E-state index contributed by atoms with van der Waals surface area (Å²) >= 11 is 12.1. The molecule has 0 saturated carbocycles. The number of pyridine rings is 2. The number of aliphatic hydroxyl groups is 1. The molecule has 0 fully saturated rings. The Balaban J connectivity index is 1.86. The molecule has 8 heteroatoms. The minimum Gasteiger partial charge on any atom is -0.396 e. The average Bonchev–Trinajstić information content (AvgIpc) is 2.86. The van der Waals surface area contributed by atoms with E-state index in [1.54, 1.807) is 36.5 Å². The number of carbonyl (C=O) groups is 1. The highest BCUT2D eigenvalue weighted by atomic mass is 35.5. The molecule has 0 saturated heterocycles. The SMILES string of the molecule is O=C(NCc1ccc(Cl)c(Cl)c1)c1c(-c2ccccc2)c2cccnc2c(=O)n1CCCCO. The van der Waals surface area contributed by atoms with Crippen molar-refractivity contribution < 1.29 is 9.90 Å². The Kier molecular flexibility index (Phi) is 7.63. The number of nitrogens with one attached hydrogen (secondary N) is 1. The number of halogens is 2. The van der Waals surface area contributed by atoms with Crippen LogP contribution in [0.2, 0.25) is 10.0 Å². The lowest BCUT2D eigenvalue weighted by atomic mass is 9.98. The van der Waals surface area contributed by atoms with Gasteiger partial charge in [0.15, 0.2) is 0 Å². The second-order valence-electron chi connectivity index (χ2n) is 7.81. The smallest absolute Gasteiger partial charge is 0.277 e. The Hall–Kier alpha value is -3.19. The largest absolute Gasteiger partial charge is 0.396 e. The van der Waals surface area contributed by atoms with Gasteiger partial charge in [-0.25, -0.2) is 0 Å².